The van der Waals surface area contributed by atoms with E-state index in [0.29, 0.717) is 11.5 Å². The lowest BCUT2D eigenvalue weighted by Gasteiger charge is -2.16. The van der Waals surface area contributed by atoms with Gasteiger partial charge in [0.05, 0.1) is 32.3 Å². The minimum Gasteiger partial charge on any atom is -0.493 e. The lowest BCUT2D eigenvalue weighted by molar-refractivity contribution is 0.196. The molecule has 0 aliphatic rings. The monoisotopic (exact) mass is 277 g/mol. The molecule has 0 aliphatic carbocycles. The van der Waals surface area contributed by atoms with E-state index >= 15 is 0 Å². The molecule has 2 N–H and O–H groups in total. The molecule has 0 amide bonds. The molecule has 0 saturated heterocycles. The van der Waals surface area contributed by atoms with E-state index < -0.39 is 0 Å². The van der Waals surface area contributed by atoms with Gasteiger partial charge in [-0.1, -0.05) is 0 Å². The van der Waals surface area contributed by atoms with E-state index in [-0.39, 0.29) is 19.3 Å². The van der Waals surface area contributed by atoms with Gasteiger partial charge in [-0.2, -0.15) is 0 Å². The maximum atomic E-state index is 8.84. The molecule has 2 rings (SSSR count). The number of aliphatic hydroxyl groups is 1. The zero-order chi connectivity index (χ0) is 14.4. The lowest BCUT2D eigenvalue weighted by atomic mass is 10.1. The third-order valence-corrected chi connectivity index (χ3v) is 2.94. The molecule has 1 atom stereocenters. The third kappa shape index (κ3) is 3.45. The topological polar surface area (TPSA) is 63.9 Å². The molecule has 5 heteroatoms. The largest absolute Gasteiger partial charge is 0.493 e. The Kier molecular flexibility index (Phi) is 4.90. The normalized spacial score (nSPS) is 11.9. The van der Waals surface area contributed by atoms with Gasteiger partial charge < -0.3 is 24.3 Å². The Morgan fingerprint density at radius 2 is 2.15 bits per heavy atom. The summed E-state index contributed by atoms with van der Waals surface area (Å²) >= 11 is 0. The summed E-state index contributed by atoms with van der Waals surface area (Å²) in [5.74, 6) is 1.24. The Hall–Kier alpha value is -2.14. The number of benzene rings is 1. The van der Waals surface area contributed by atoms with Gasteiger partial charge in [-0.05, 0) is 25.1 Å². The smallest absolute Gasteiger partial charge is 0.163 e. The second kappa shape index (κ2) is 6.86. The Labute approximate surface area is 118 Å². The lowest BCUT2D eigenvalue weighted by Crippen LogP contribution is -2.07. The van der Waals surface area contributed by atoms with Crippen LogP contribution in [0.25, 0.3) is 0 Å². The quantitative estimate of drug-likeness (QED) is 0.814. The van der Waals surface area contributed by atoms with Crippen LogP contribution in [0.3, 0.4) is 0 Å². The number of ether oxygens (including phenoxy) is 2. The maximum Gasteiger partial charge on any atom is 0.163 e. The highest BCUT2D eigenvalue weighted by atomic mass is 16.5. The van der Waals surface area contributed by atoms with Crippen LogP contribution in [0.4, 0.5) is 5.69 Å². The third-order valence-electron chi connectivity index (χ3n) is 2.94. The number of hydrogen-bond acceptors (Lipinski definition) is 5. The molecule has 1 aromatic carbocycles. The van der Waals surface area contributed by atoms with Crippen LogP contribution in [0.15, 0.2) is 41.2 Å². The van der Waals surface area contributed by atoms with E-state index in [2.05, 4.69) is 5.32 Å². The van der Waals surface area contributed by atoms with Crippen molar-refractivity contribution in [3.63, 3.8) is 0 Å². The molecule has 0 fully saturated rings. The molecule has 0 bridgehead atoms. The van der Waals surface area contributed by atoms with Crippen LogP contribution in [-0.4, -0.2) is 25.4 Å². The summed E-state index contributed by atoms with van der Waals surface area (Å²) in [7, 11) is 1.59. The van der Waals surface area contributed by atoms with Gasteiger partial charge in [0.2, 0.25) is 0 Å². The zero-order valence-electron chi connectivity index (χ0n) is 11.6. The fraction of sp³-hybridized carbons (Fsp3) is 0.333. The summed E-state index contributed by atoms with van der Waals surface area (Å²) in [4.78, 5) is 0. The van der Waals surface area contributed by atoms with E-state index in [1.54, 1.807) is 19.6 Å². The number of aliphatic hydroxyl groups excluding tert-OH is 1. The van der Waals surface area contributed by atoms with Crippen molar-refractivity contribution in [3.05, 3.63) is 42.4 Å². The van der Waals surface area contributed by atoms with Gasteiger partial charge in [0, 0.05) is 17.3 Å². The second-order valence-electron chi connectivity index (χ2n) is 4.36. The highest BCUT2D eigenvalue weighted by Gasteiger charge is 2.10. The van der Waals surface area contributed by atoms with Gasteiger partial charge >= 0.3 is 0 Å². The van der Waals surface area contributed by atoms with E-state index in [4.69, 9.17) is 19.0 Å². The highest BCUT2D eigenvalue weighted by molar-refractivity contribution is 5.55. The van der Waals surface area contributed by atoms with E-state index in [9.17, 15) is 0 Å². The van der Waals surface area contributed by atoms with Crippen molar-refractivity contribution in [2.45, 2.75) is 13.0 Å². The first-order valence-corrected chi connectivity index (χ1v) is 6.45. The number of nitrogens with one attached hydrogen (secondary N) is 1. The van der Waals surface area contributed by atoms with E-state index in [1.807, 2.05) is 31.2 Å². The Balaban J connectivity index is 2.11. The standard InChI is InChI=1S/C15H19NO4/c1-11(12-5-7-19-10-12)16-13-3-4-14(18-2)15(9-13)20-8-6-17/h3-5,7,9-11,16-17H,6,8H2,1-2H3. The van der Waals surface area contributed by atoms with Crippen LogP contribution >= 0.6 is 0 Å². The van der Waals surface area contributed by atoms with Crippen LogP contribution < -0.4 is 14.8 Å². The first kappa shape index (κ1) is 14.3. The van der Waals surface area contributed by atoms with Gasteiger partial charge in [-0.15, -0.1) is 0 Å². The number of rotatable bonds is 7. The number of methoxy groups -OCH3 is 1. The van der Waals surface area contributed by atoms with Crippen LogP contribution in [0.2, 0.25) is 0 Å². The highest BCUT2D eigenvalue weighted by Crippen LogP contribution is 2.31. The molecule has 20 heavy (non-hydrogen) atoms. The molecule has 1 unspecified atom stereocenters. The molecular formula is C15H19NO4. The van der Waals surface area contributed by atoms with Crippen molar-refractivity contribution in [2.24, 2.45) is 0 Å². The fourth-order valence-corrected chi connectivity index (χ4v) is 1.89. The van der Waals surface area contributed by atoms with Crippen molar-refractivity contribution in [1.29, 1.82) is 0 Å². The Morgan fingerprint density at radius 3 is 2.80 bits per heavy atom. The summed E-state index contributed by atoms with van der Waals surface area (Å²) < 4.78 is 15.8. The van der Waals surface area contributed by atoms with Crippen molar-refractivity contribution in [1.82, 2.24) is 0 Å². The Bertz CT molecular complexity index is 525. The summed E-state index contributed by atoms with van der Waals surface area (Å²) in [6.45, 7) is 2.24. The summed E-state index contributed by atoms with van der Waals surface area (Å²) in [6.07, 6.45) is 3.36. The van der Waals surface area contributed by atoms with Gasteiger partial charge in [0.1, 0.15) is 6.61 Å². The average molecular weight is 277 g/mol. The molecule has 0 saturated carbocycles. The van der Waals surface area contributed by atoms with Crippen molar-refractivity contribution >= 4 is 5.69 Å². The number of hydrogen-bond donors (Lipinski definition) is 2. The van der Waals surface area contributed by atoms with Crippen molar-refractivity contribution in [2.75, 3.05) is 25.6 Å². The SMILES string of the molecule is COc1ccc(NC(C)c2ccoc2)cc1OCCO. The summed E-state index contributed by atoms with van der Waals surface area (Å²) in [5.41, 5.74) is 1.98. The van der Waals surface area contributed by atoms with Crippen molar-refractivity contribution in [3.8, 4) is 11.5 Å². The summed E-state index contributed by atoms with van der Waals surface area (Å²) in [6, 6.07) is 7.64. The first-order chi connectivity index (χ1) is 9.74. The van der Waals surface area contributed by atoms with Crippen LogP contribution in [0.5, 0.6) is 11.5 Å². The molecule has 0 spiro atoms. The van der Waals surface area contributed by atoms with E-state index in [1.165, 1.54) is 0 Å². The molecule has 5 nitrogen and oxygen atoms in total. The van der Waals surface area contributed by atoms with Gasteiger partial charge in [0.15, 0.2) is 11.5 Å². The minimum atomic E-state index is -0.0355. The zero-order valence-corrected chi connectivity index (χ0v) is 11.6. The molecule has 1 aromatic heterocycles. The second-order valence-corrected chi connectivity index (χ2v) is 4.36. The maximum absolute atomic E-state index is 8.84. The predicted octanol–water partition coefficient (Wildman–Crippen LogP) is 2.83. The molecule has 2 aromatic rings. The van der Waals surface area contributed by atoms with E-state index in [0.717, 1.165) is 11.3 Å². The number of furan rings is 1. The first-order valence-electron chi connectivity index (χ1n) is 6.45. The minimum absolute atomic E-state index is 0.0355. The predicted molar refractivity (Wildman–Crippen MR) is 76.3 cm³/mol. The molecular weight excluding hydrogens is 258 g/mol. The summed E-state index contributed by atoms with van der Waals surface area (Å²) in [5, 5.41) is 12.2. The molecule has 1 heterocycles. The van der Waals surface area contributed by atoms with Gasteiger partial charge in [-0.25, -0.2) is 0 Å². The fourth-order valence-electron chi connectivity index (χ4n) is 1.89. The molecule has 108 valence electrons. The van der Waals surface area contributed by atoms with Crippen molar-refractivity contribution < 1.29 is 19.0 Å². The van der Waals surface area contributed by atoms with Crippen LogP contribution in [0.1, 0.15) is 18.5 Å². The van der Waals surface area contributed by atoms with Gasteiger partial charge in [0.25, 0.3) is 0 Å². The van der Waals surface area contributed by atoms with Crippen LogP contribution in [0, 0.1) is 0 Å². The number of anilines is 1. The molecule has 0 radical (unpaired) electrons. The van der Waals surface area contributed by atoms with Gasteiger partial charge in [-0.3, -0.25) is 0 Å². The molecule has 0 aliphatic heterocycles. The average Bonchev–Trinajstić information content (AvgIpc) is 2.99. The van der Waals surface area contributed by atoms with Crippen LogP contribution in [-0.2, 0) is 0 Å². The Morgan fingerprint density at radius 1 is 1.30 bits per heavy atom.